The van der Waals surface area contributed by atoms with Crippen LogP contribution in [0.25, 0.3) is 10.8 Å². The van der Waals surface area contributed by atoms with E-state index in [-0.39, 0.29) is 0 Å². The van der Waals surface area contributed by atoms with Crippen molar-refractivity contribution in [1.29, 1.82) is 0 Å². The van der Waals surface area contributed by atoms with Gasteiger partial charge in [-0.25, -0.2) is 0 Å². The van der Waals surface area contributed by atoms with E-state index in [1.165, 1.54) is 48.4 Å². The van der Waals surface area contributed by atoms with Gasteiger partial charge < -0.3 is 5.32 Å². The molecule has 0 amide bonds. The summed E-state index contributed by atoms with van der Waals surface area (Å²) in [5.41, 5.74) is 1.42. The summed E-state index contributed by atoms with van der Waals surface area (Å²) in [7, 11) is 0. The monoisotopic (exact) mass is 281 g/mol. The summed E-state index contributed by atoms with van der Waals surface area (Å²) in [6.07, 6.45) is 7.11. The molecule has 1 N–H and O–H groups in total. The maximum Gasteiger partial charge on any atom is 0.0211 e. The number of hydrogen-bond donors (Lipinski definition) is 1. The summed E-state index contributed by atoms with van der Waals surface area (Å²) in [5, 5.41) is 6.39. The third kappa shape index (κ3) is 3.85. The van der Waals surface area contributed by atoms with Crippen molar-refractivity contribution in [3.63, 3.8) is 0 Å². The third-order valence-corrected chi connectivity index (χ3v) is 4.97. The highest BCUT2D eigenvalue weighted by molar-refractivity contribution is 5.85. The standard InChI is InChI=1S/C20H27N/c1-16-6-4-7-17(14-16)12-13-21-15-19-10-5-9-18-8-2-3-11-20(18)19/h2-3,5,8-11,16-17,21H,4,6-7,12-15H2,1H3. The van der Waals surface area contributed by atoms with Crippen molar-refractivity contribution >= 4 is 10.8 Å². The second kappa shape index (κ2) is 7.09. The highest BCUT2D eigenvalue weighted by atomic mass is 14.8. The van der Waals surface area contributed by atoms with Crippen molar-refractivity contribution in [1.82, 2.24) is 5.32 Å². The van der Waals surface area contributed by atoms with Gasteiger partial charge in [-0.3, -0.25) is 0 Å². The molecule has 1 heteroatoms. The van der Waals surface area contributed by atoms with Crippen LogP contribution < -0.4 is 5.32 Å². The zero-order valence-electron chi connectivity index (χ0n) is 13.1. The Bertz CT molecular complexity index is 570. The van der Waals surface area contributed by atoms with Gasteiger partial charge in [0.25, 0.3) is 0 Å². The zero-order valence-corrected chi connectivity index (χ0v) is 13.1. The first-order valence-corrected chi connectivity index (χ1v) is 8.50. The normalized spacial score (nSPS) is 22.5. The van der Waals surface area contributed by atoms with E-state index in [4.69, 9.17) is 0 Å². The lowest BCUT2D eigenvalue weighted by Gasteiger charge is -2.26. The highest BCUT2D eigenvalue weighted by Crippen LogP contribution is 2.30. The Hall–Kier alpha value is -1.34. The SMILES string of the molecule is CC1CCCC(CCNCc2cccc3ccccc23)C1. The minimum absolute atomic E-state index is 0.946. The Morgan fingerprint density at radius 2 is 1.90 bits per heavy atom. The first kappa shape index (κ1) is 14.6. The highest BCUT2D eigenvalue weighted by Gasteiger charge is 2.18. The molecule has 0 saturated heterocycles. The van der Waals surface area contributed by atoms with Crippen LogP contribution in [0.5, 0.6) is 0 Å². The van der Waals surface area contributed by atoms with E-state index in [1.807, 2.05) is 0 Å². The second-order valence-corrected chi connectivity index (χ2v) is 6.74. The van der Waals surface area contributed by atoms with Crippen LogP contribution in [0.3, 0.4) is 0 Å². The lowest BCUT2D eigenvalue weighted by Crippen LogP contribution is -2.21. The van der Waals surface area contributed by atoms with Gasteiger partial charge in [0, 0.05) is 6.54 Å². The number of hydrogen-bond acceptors (Lipinski definition) is 1. The van der Waals surface area contributed by atoms with Gasteiger partial charge in [0.1, 0.15) is 0 Å². The van der Waals surface area contributed by atoms with Gasteiger partial charge in [0.2, 0.25) is 0 Å². The Morgan fingerprint density at radius 3 is 2.81 bits per heavy atom. The minimum atomic E-state index is 0.946. The molecule has 1 saturated carbocycles. The van der Waals surface area contributed by atoms with E-state index in [0.29, 0.717) is 0 Å². The van der Waals surface area contributed by atoms with Gasteiger partial charge in [0.05, 0.1) is 0 Å². The van der Waals surface area contributed by atoms with Gasteiger partial charge in [-0.05, 0) is 47.6 Å². The van der Waals surface area contributed by atoms with Gasteiger partial charge in [-0.1, -0.05) is 68.7 Å². The molecule has 0 bridgehead atoms. The van der Waals surface area contributed by atoms with Crippen molar-refractivity contribution in [2.45, 2.75) is 45.6 Å². The summed E-state index contributed by atoms with van der Waals surface area (Å²) in [4.78, 5) is 0. The Morgan fingerprint density at radius 1 is 1.05 bits per heavy atom. The van der Waals surface area contributed by atoms with Crippen LogP contribution in [-0.2, 0) is 6.54 Å². The third-order valence-electron chi connectivity index (χ3n) is 4.97. The van der Waals surface area contributed by atoms with E-state index in [0.717, 1.165) is 24.9 Å². The van der Waals surface area contributed by atoms with Crippen molar-refractivity contribution in [3.8, 4) is 0 Å². The lowest BCUT2D eigenvalue weighted by molar-refractivity contribution is 0.267. The first-order valence-electron chi connectivity index (χ1n) is 8.50. The minimum Gasteiger partial charge on any atom is -0.313 e. The molecule has 1 fully saturated rings. The molecule has 0 heterocycles. The van der Waals surface area contributed by atoms with E-state index in [9.17, 15) is 0 Å². The molecule has 3 rings (SSSR count). The molecule has 21 heavy (non-hydrogen) atoms. The molecule has 0 spiro atoms. The lowest BCUT2D eigenvalue weighted by atomic mass is 9.81. The van der Waals surface area contributed by atoms with E-state index in [1.54, 1.807) is 0 Å². The molecule has 112 valence electrons. The molecule has 1 nitrogen and oxygen atoms in total. The zero-order chi connectivity index (χ0) is 14.5. The van der Waals surface area contributed by atoms with Crippen LogP contribution in [-0.4, -0.2) is 6.54 Å². The maximum absolute atomic E-state index is 3.66. The largest absolute Gasteiger partial charge is 0.313 e. The molecule has 2 unspecified atom stereocenters. The van der Waals surface area contributed by atoms with Crippen molar-refractivity contribution in [2.24, 2.45) is 11.8 Å². The second-order valence-electron chi connectivity index (χ2n) is 6.74. The fraction of sp³-hybridized carbons (Fsp3) is 0.500. The molecule has 1 aliphatic carbocycles. The number of nitrogens with one attached hydrogen (secondary N) is 1. The fourth-order valence-electron chi connectivity index (χ4n) is 3.80. The molecule has 1 aliphatic rings. The van der Waals surface area contributed by atoms with Crippen LogP contribution in [0, 0.1) is 11.8 Å². The summed E-state index contributed by atoms with van der Waals surface area (Å²) < 4.78 is 0. The van der Waals surface area contributed by atoms with Gasteiger partial charge in [-0.2, -0.15) is 0 Å². The number of rotatable bonds is 5. The van der Waals surface area contributed by atoms with Crippen LogP contribution in [0.15, 0.2) is 42.5 Å². The number of fused-ring (bicyclic) bond motifs is 1. The Labute approximate surface area is 128 Å². The molecule has 0 aromatic heterocycles. The predicted molar refractivity (Wildman–Crippen MR) is 91.4 cm³/mol. The van der Waals surface area contributed by atoms with Crippen molar-refractivity contribution in [3.05, 3.63) is 48.0 Å². The quantitative estimate of drug-likeness (QED) is 0.748. The molecule has 2 aromatic carbocycles. The topological polar surface area (TPSA) is 12.0 Å². The smallest absolute Gasteiger partial charge is 0.0211 e. The van der Waals surface area contributed by atoms with Crippen LogP contribution in [0.4, 0.5) is 0 Å². The van der Waals surface area contributed by atoms with Crippen LogP contribution in [0.2, 0.25) is 0 Å². The van der Waals surface area contributed by atoms with Crippen molar-refractivity contribution in [2.75, 3.05) is 6.54 Å². The Kier molecular flexibility index (Phi) is 4.92. The Balaban J connectivity index is 1.50. The summed E-state index contributed by atoms with van der Waals surface area (Å²) in [5.74, 6) is 1.90. The summed E-state index contributed by atoms with van der Waals surface area (Å²) >= 11 is 0. The maximum atomic E-state index is 3.66. The van der Waals surface area contributed by atoms with Crippen molar-refractivity contribution < 1.29 is 0 Å². The first-order chi connectivity index (χ1) is 10.3. The average molecular weight is 281 g/mol. The molecule has 0 radical (unpaired) electrons. The molecular weight excluding hydrogens is 254 g/mol. The number of benzene rings is 2. The molecule has 2 aromatic rings. The molecular formula is C20H27N. The van der Waals surface area contributed by atoms with Gasteiger partial charge in [-0.15, -0.1) is 0 Å². The fourth-order valence-corrected chi connectivity index (χ4v) is 3.80. The predicted octanol–water partition coefficient (Wildman–Crippen LogP) is 5.15. The van der Waals surface area contributed by atoms with Crippen LogP contribution in [0.1, 0.15) is 44.6 Å². The average Bonchev–Trinajstić information content (AvgIpc) is 2.52. The molecule has 2 atom stereocenters. The van der Waals surface area contributed by atoms with E-state index < -0.39 is 0 Å². The van der Waals surface area contributed by atoms with Gasteiger partial charge >= 0.3 is 0 Å². The van der Waals surface area contributed by atoms with E-state index in [2.05, 4.69) is 54.7 Å². The van der Waals surface area contributed by atoms with Gasteiger partial charge in [0.15, 0.2) is 0 Å². The summed E-state index contributed by atoms with van der Waals surface area (Å²) in [6, 6.07) is 15.3. The summed E-state index contributed by atoms with van der Waals surface area (Å²) in [6.45, 7) is 4.56. The van der Waals surface area contributed by atoms with E-state index >= 15 is 0 Å². The van der Waals surface area contributed by atoms with Crippen LogP contribution >= 0.6 is 0 Å². The molecule has 0 aliphatic heterocycles.